The zero-order valence-electron chi connectivity index (χ0n) is 17.7. The smallest absolute Gasteiger partial charge is 0.329 e. The standard InChI is InChI=1S/C24H19N3O6S/c28-24(29)22-23-17(10-12-32-23)9-11-27(22)34(30,31)21-7-5-20(6-8-21)33-19-3-1-16(2-4-19)18-13-25-15-26-14-18/h1-8,10,12-15,22H,9,11H2,(H,28,29). The molecule has 4 aromatic rings. The number of sulfonamides is 1. The fourth-order valence-electron chi connectivity index (χ4n) is 3.89. The second-order valence-corrected chi connectivity index (χ2v) is 9.53. The Morgan fingerprint density at radius 1 is 0.971 bits per heavy atom. The molecule has 1 N–H and O–H groups in total. The first-order valence-electron chi connectivity index (χ1n) is 10.4. The molecule has 1 atom stereocenters. The molecule has 10 heteroatoms. The highest BCUT2D eigenvalue weighted by Gasteiger charge is 2.42. The Balaban J connectivity index is 1.34. The van der Waals surface area contributed by atoms with Crippen LogP contribution in [0.5, 0.6) is 11.5 Å². The van der Waals surface area contributed by atoms with Gasteiger partial charge in [-0.25, -0.2) is 23.2 Å². The van der Waals surface area contributed by atoms with E-state index >= 15 is 0 Å². The van der Waals surface area contributed by atoms with Crippen LogP contribution in [0.2, 0.25) is 0 Å². The van der Waals surface area contributed by atoms with Crippen molar-refractivity contribution in [3.05, 3.63) is 90.9 Å². The minimum absolute atomic E-state index is 0.0273. The summed E-state index contributed by atoms with van der Waals surface area (Å²) >= 11 is 0. The maximum atomic E-state index is 13.2. The summed E-state index contributed by atoms with van der Waals surface area (Å²) in [6.07, 6.45) is 6.65. The molecule has 0 saturated heterocycles. The maximum absolute atomic E-state index is 13.2. The molecule has 0 amide bonds. The number of furan rings is 1. The Morgan fingerprint density at radius 3 is 2.26 bits per heavy atom. The second kappa shape index (κ2) is 8.73. The van der Waals surface area contributed by atoms with Gasteiger partial charge in [0.15, 0.2) is 6.04 Å². The van der Waals surface area contributed by atoms with E-state index in [-0.39, 0.29) is 17.2 Å². The number of benzene rings is 2. The van der Waals surface area contributed by atoms with E-state index in [1.54, 1.807) is 30.6 Å². The Labute approximate surface area is 195 Å². The van der Waals surface area contributed by atoms with Gasteiger partial charge in [0.25, 0.3) is 0 Å². The molecule has 0 spiro atoms. The largest absolute Gasteiger partial charge is 0.480 e. The van der Waals surface area contributed by atoms with Crippen molar-refractivity contribution >= 4 is 16.0 Å². The van der Waals surface area contributed by atoms with Crippen molar-refractivity contribution in [1.29, 1.82) is 0 Å². The lowest BCUT2D eigenvalue weighted by Gasteiger charge is -2.31. The molecule has 0 saturated carbocycles. The summed E-state index contributed by atoms with van der Waals surface area (Å²) in [5.74, 6) is -0.127. The highest BCUT2D eigenvalue weighted by molar-refractivity contribution is 7.89. The van der Waals surface area contributed by atoms with Crippen LogP contribution in [0.1, 0.15) is 17.4 Å². The van der Waals surface area contributed by atoms with Crippen LogP contribution in [0.4, 0.5) is 0 Å². The molecule has 1 aliphatic rings. The molecule has 0 radical (unpaired) electrons. The average molecular weight is 477 g/mol. The van der Waals surface area contributed by atoms with Crippen molar-refractivity contribution in [1.82, 2.24) is 14.3 Å². The minimum Gasteiger partial charge on any atom is -0.480 e. The third kappa shape index (κ3) is 4.04. The maximum Gasteiger partial charge on any atom is 0.329 e. The van der Waals surface area contributed by atoms with Crippen LogP contribution in [0.15, 0.2) is 88.9 Å². The molecule has 2 aromatic heterocycles. The summed E-state index contributed by atoms with van der Waals surface area (Å²) in [5, 5.41) is 9.69. The van der Waals surface area contributed by atoms with Crippen LogP contribution in [-0.2, 0) is 21.2 Å². The molecule has 34 heavy (non-hydrogen) atoms. The summed E-state index contributed by atoms with van der Waals surface area (Å²) in [5.41, 5.74) is 2.51. The van der Waals surface area contributed by atoms with Crippen molar-refractivity contribution in [2.45, 2.75) is 17.4 Å². The summed E-state index contributed by atoms with van der Waals surface area (Å²) in [7, 11) is -4.08. The van der Waals surface area contributed by atoms with Crippen molar-refractivity contribution < 1.29 is 27.5 Å². The highest BCUT2D eigenvalue weighted by atomic mass is 32.2. The third-order valence-corrected chi connectivity index (χ3v) is 7.45. The molecule has 1 unspecified atom stereocenters. The van der Waals surface area contributed by atoms with Crippen LogP contribution in [0.25, 0.3) is 11.1 Å². The lowest BCUT2D eigenvalue weighted by molar-refractivity contribution is -0.142. The minimum atomic E-state index is -4.08. The van der Waals surface area contributed by atoms with E-state index in [0.717, 1.165) is 15.4 Å². The van der Waals surface area contributed by atoms with E-state index in [9.17, 15) is 18.3 Å². The molecule has 2 aromatic carbocycles. The normalized spacial score (nSPS) is 16.1. The number of aliphatic carboxylic acids is 1. The van der Waals surface area contributed by atoms with E-state index in [2.05, 4.69) is 9.97 Å². The molecule has 3 heterocycles. The second-order valence-electron chi connectivity index (χ2n) is 7.64. The van der Waals surface area contributed by atoms with Crippen molar-refractivity contribution in [2.24, 2.45) is 0 Å². The quantitative estimate of drug-likeness (QED) is 0.444. The number of carboxylic acid groups (broad SMARTS) is 1. The molecule has 172 valence electrons. The van der Waals surface area contributed by atoms with Gasteiger partial charge in [0.1, 0.15) is 23.6 Å². The summed E-state index contributed by atoms with van der Waals surface area (Å²) in [6.45, 7) is 0.0445. The monoisotopic (exact) mass is 477 g/mol. The van der Waals surface area contributed by atoms with E-state index in [0.29, 0.717) is 23.5 Å². The molecule has 0 fully saturated rings. The zero-order valence-corrected chi connectivity index (χ0v) is 18.6. The Morgan fingerprint density at radius 2 is 1.62 bits per heavy atom. The van der Waals surface area contributed by atoms with Gasteiger partial charge >= 0.3 is 5.97 Å². The SMILES string of the molecule is O=C(O)C1c2occc2CCN1S(=O)(=O)c1ccc(Oc2ccc(-c3cncnc3)cc2)cc1. The number of carbonyl (C=O) groups is 1. The summed E-state index contributed by atoms with van der Waals surface area (Å²) in [4.78, 5) is 19.9. The first kappa shape index (κ1) is 21.8. The number of hydrogen-bond acceptors (Lipinski definition) is 7. The first-order valence-corrected chi connectivity index (χ1v) is 11.8. The van der Waals surface area contributed by atoms with Crippen LogP contribution >= 0.6 is 0 Å². The zero-order chi connectivity index (χ0) is 23.7. The molecule has 0 aliphatic carbocycles. The van der Waals surface area contributed by atoms with Crippen LogP contribution in [0.3, 0.4) is 0 Å². The van der Waals surface area contributed by atoms with Gasteiger partial charge in [0.2, 0.25) is 10.0 Å². The van der Waals surface area contributed by atoms with Crippen LogP contribution in [0, 0.1) is 0 Å². The van der Waals surface area contributed by atoms with Crippen LogP contribution < -0.4 is 4.74 Å². The molecule has 0 bridgehead atoms. The molecule has 9 nitrogen and oxygen atoms in total. The lowest BCUT2D eigenvalue weighted by atomic mass is 10.0. The summed E-state index contributed by atoms with van der Waals surface area (Å²) in [6, 6.07) is 13.4. The van der Waals surface area contributed by atoms with Gasteiger partial charge < -0.3 is 14.3 Å². The van der Waals surface area contributed by atoms with E-state index in [4.69, 9.17) is 9.15 Å². The fraction of sp³-hybridized carbons (Fsp3) is 0.125. The Kier molecular flexibility index (Phi) is 5.60. The number of aromatic nitrogens is 2. The average Bonchev–Trinajstić information content (AvgIpc) is 3.33. The number of carboxylic acids is 1. The predicted octanol–water partition coefficient (Wildman–Crippen LogP) is 3.90. The Hall–Kier alpha value is -4.02. The number of hydrogen-bond donors (Lipinski definition) is 1. The van der Waals surface area contributed by atoms with Crippen molar-refractivity contribution in [3.8, 4) is 22.6 Å². The topological polar surface area (TPSA) is 123 Å². The molecular formula is C24H19N3O6S. The number of rotatable bonds is 6. The predicted molar refractivity (Wildman–Crippen MR) is 121 cm³/mol. The molecular weight excluding hydrogens is 458 g/mol. The number of ether oxygens (including phenoxy) is 1. The van der Waals surface area contributed by atoms with Gasteiger partial charge in [0, 0.05) is 24.5 Å². The molecule has 1 aliphatic heterocycles. The van der Waals surface area contributed by atoms with Crippen molar-refractivity contribution in [2.75, 3.05) is 6.54 Å². The van der Waals surface area contributed by atoms with E-state index in [1.807, 2.05) is 12.1 Å². The number of nitrogens with zero attached hydrogens (tertiary/aromatic N) is 3. The van der Waals surface area contributed by atoms with Crippen LogP contribution in [-0.4, -0.2) is 40.3 Å². The first-order chi connectivity index (χ1) is 16.4. The van der Waals surface area contributed by atoms with Gasteiger partial charge in [-0.15, -0.1) is 0 Å². The van der Waals surface area contributed by atoms with E-state index < -0.39 is 22.0 Å². The molecule has 5 rings (SSSR count). The summed E-state index contributed by atoms with van der Waals surface area (Å²) < 4.78 is 38.6. The Bertz CT molecular complexity index is 1420. The van der Waals surface area contributed by atoms with Crippen molar-refractivity contribution in [3.63, 3.8) is 0 Å². The van der Waals surface area contributed by atoms with Gasteiger partial charge in [-0.2, -0.15) is 4.31 Å². The third-order valence-electron chi connectivity index (χ3n) is 5.57. The van der Waals surface area contributed by atoms with Gasteiger partial charge in [-0.3, -0.25) is 0 Å². The van der Waals surface area contributed by atoms with Gasteiger partial charge in [-0.05, 0) is 60.0 Å². The highest BCUT2D eigenvalue weighted by Crippen LogP contribution is 2.35. The fourth-order valence-corrected chi connectivity index (χ4v) is 5.44. The van der Waals surface area contributed by atoms with E-state index in [1.165, 1.54) is 36.9 Å². The van der Waals surface area contributed by atoms with Gasteiger partial charge in [-0.1, -0.05) is 12.1 Å². The number of fused-ring (bicyclic) bond motifs is 1. The van der Waals surface area contributed by atoms with Gasteiger partial charge in [0.05, 0.1) is 11.2 Å². The lowest BCUT2D eigenvalue weighted by Crippen LogP contribution is -2.43.